The number of H-pyrrole nitrogens is 1. The molecule has 116 valence electrons. The molecule has 2 aromatic carbocycles. The highest BCUT2D eigenvalue weighted by Crippen LogP contribution is 2.18. The first-order chi connectivity index (χ1) is 11.2. The van der Waals surface area contributed by atoms with E-state index in [9.17, 15) is 4.79 Å². The van der Waals surface area contributed by atoms with Crippen molar-refractivity contribution in [3.63, 3.8) is 0 Å². The number of aromatic nitrogens is 3. The second kappa shape index (κ2) is 6.74. The van der Waals surface area contributed by atoms with Crippen molar-refractivity contribution in [2.45, 2.75) is 13.5 Å². The van der Waals surface area contributed by atoms with Crippen molar-refractivity contribution in [2.75, 3.05) is 5.32 Å². The molecule has 2 N–H and O–H groups in total. The molecule has 0 bridgehead atoms. The Morgan fingerprint density at radius 2 is 1.78 bits per heavy atom. The van der Waals surface area contributed by atoms with E-state index in [1.54, 1.807) is 6.92 Å². The summed E-state index contributed by atoms with van der Waals surface area (Å²) in [7, 11) is 0. The summed E-state index contributed by atoms with van der Waals surface area (Å²) in [4.78, 5) is 14.1. The van der Waals surface area contributed by atoms with Gasteiger partial charge < -0.3 is 10.1 Å². The van der Waals surface area contributed by atoms with Crippen LogP contribution >= 0.6 is 0 Å². The lowest BCUT2D eigenvalue weighted by Crippen LogP contribution is -2.15. The molecule has 1 heterocycles. The van der Waals surface area contributed by atoms with Crippen molar-refractivity contribution < 1.29 is 4.74 Å². The molecule has 3 rings (SSSR count). The Balaban J connectivity index is 1.62. The Hall–Kier alpha value is -3.15. The molecule has 3 aromatic rings. The Kier molecular flexibility index (Phi) is 4.33. The van der Waals surface area contributed by atoms with E-state index in [0.29, 0.717) is 18.2 Å². The number of benzene rings is 2. The van der Waals surface area contributed by atoms with Gasteiger partial charge in [0.2, 0.25) is 5.95 Å². The van der Waals surface area contributed by atoms with Crippen molar-refractivity contribution in [2.24, 2.45) is 0 Å². The topological polar surface area (TPSA) is 79.9 Å². The summed E-state index contributed by atoms with van der Waals surface area (Å²) in [6, 6.07) is 17.4. The van der Waals surface area contributed by atoms with E-state index in [4.69, 9.17) is 4.74 Å². The number of hydrogen-bond donors (Lipinski definition) is 2. The summed E-state index contributed by atoms with van der Waals surface area (Å²) in [6.45, 7) is 2.12. The lowest BCUT2D eigenvalue weighted by molar-refractivity contribution is 0.306. The second-order valence-corrected chi connectivity index (χ2v) is 5.01. The van der Waals surface area contributed by atoms with Gasteiger partial charge in [0.15, 0.2) is 0 Å². The number of aryl methyl sites for hydroxylation is 1. The third-order valence-electron chi connectivity index (χ3n) is 3.23. The fourth-order valence-electron chi connectivity index (χ4n) is 1.96. The molecule has 0 unspecified atom stereocenters. The lowest BCUT2D eigenvalue weighted by atomic mass is 10.2. The minimum Gasteiger partial charge on any atom is -0.489 e. The van der Waals surface area contributed by atoms with Crippen LogP contribution in [0.1, 0.15) is 11.3 Å². The molecule has 0 aliphatic carbocycles. The Morgan fingerprint density at radius 1 is 1.04 bits per heavy atom. The maximum Gasteiger partial charge on any atom is 0.273 e. The molecular weight excluding hydrogens is 292 g/mol. The SMILES string of the molecule is Cc1nnc(Nc2ccc(OCc3ccccc3)cc2)[nH]c1=O. The highest BCUT2D eigenvalue weighted by atomic mass is 16.5. The number of hydrogen-bond acceptors (Lipinski definition) is 5. The number of rotatable bonds is 5. The molecule has 0 aliphatic rings. The average molecular weight is 308 g/mol. The maximum atomic E-state index is 11.5. The second-order valence-electron chi connectivity index (χ2n) is 5.01. The molecule has 0 spiro atoms. The maximum absolute atomic E-state index is 11.5. The predicted octanol–water partition coefficient (Wildman–Crippen LogP) is 2.80. The molecular formula is C17H16N4O2. The first-order valence-corrected chi connectivity index (χ1v) is 7.18. The van der Waals surface area contributed by atoms with Gasteiger partial charge >= 0.3 is 0 Å². The van der Waals surface area contributed by atoms with Gasteiger partial charge in [0.1, 0.15) is 18.1 Å². The lowest BCUT2D eigenvalue weighted by Gasteiger charge is -2.08. The van der Waals surface area contributed by atoms with Crippen LogP contribution in [-0.2, 0) is 6.61 Å². The van der Waals surface area contributed by atoms with Crippen LogP contribution in [-0.4, -0.2) is 15.2 Å². The third-order valence-corrected chi connectivity index (χ3v) is 3.23. The molecule has 0 atom stereocenters. The number of nitrogens with one attached hydrogen (secondary N) is 2. The highest BCUT2D eigenvalue weighted by Gasteiger charge is 2.01. The zero-order chi connectivity index (χ0) is 16.1. The van der Waals surface area contributed by atoms with Gasteiger partial charge in [-0.2, -0.15) is 0 Å². The van der Waals surface area contributed by atoms with Crippen LogP contribution < -0.4 is 15.6 Å². The average Bonchev–Trinajstić information content (AvgIpc) is 2.58. The molecule has 23 heavy (non-hydrogen) atoms. The van der Waals surface area contributed by atoms with Crippen LogP contribution in [0.2, 0.25) is 0 Å². The Bertz CT molecular complexity index is 829. The molecule has 1 aromatic heterocycles. The van der Waals surface area contributed by atoms with Crippen LogP contribution in [0.4, 0.5) is 11.6 Å². The van der Waals surface area contributed by atoms with E-state index in [0.717, 1.165) is 17.0 Å². The molecule has 0 radical (unpaired) electrons. The number of nitrogens with zero attached hydrogens (tertiary/aromatic N) is 2. The molecule has 0 amide bonds. The standard InChI is InChI=1S/C17H16N4O2/c1-12-16(22)19-17(21-20-12)18-14-7-9-15(10-8-14)23-11-13-5-3-2-4-6-13/h2-10H,11H2,1H3,(H2,18,19,21,22). The van der Waals surface area contributed by atoms with E-state index in [-0.39, 0.29) is 5.56 Å². The summed E-state index contributed by atoms with van der Waals surface area (Å²) in [6.07, 6.45) is 0. The van der Waals surface area contributed by atoms with Gasteiger partial charge in [0.05, 0.1) is 0 Å². The van der Waals surface area contributed by atoms with Gasteiger partial charge in [-0.05, 0) is 36.8 Å². The Labute approximate surface area is 133 Å². The molecule has 0 aliphatic heterocycles. The summed E-state index contributed by atoms with van der Waals surface area (Å²) < 4.78 is 5.72. The van der Waals surface area contributed by atoms with Crippen molar-refractivity contribution in [1.29, 1.82) is 0 Å². The van der Waals surface area contributed by atoms with Gasteiger partial charge in [-0.15, -0.1) is 10.2 Å². The predicted molar refractivity (Wildman–Crippen MR) is 87.9 cm³/mol. The number of aromatic amines is 1. The molecule has 6 nitrogen and oxygen atoms in total. The van der Waals surface area contributed by atoms with Gasteiger partial charge in [-0.1, -0.05) is 30.3 Å². The fraction of sp³-hybridized carbons (Fsp3) is 0.118. The first-order valence-electron chi connectivity index (χ1n) is 7.18. The van der Waals surface area contributed by atoms with Crippen LogP contribution in [0.3, 0.4) is 0 Å². The number of ether oxygens (including phenoxy) is 1. The molecule has 0 fully saturated rings. The summed E-state index contributed by atoms with van der Waals surface area (Å²) in [5, 5.41) is 10.6. The minimum atomic E-state index is -0.259. The fourth-order valence-corrected chi connectivity index (χ4v) is 1.96. The van der Waals surface area contributed by atoms with Crippen molar-refractivity contribution in [1.82, 2.24) is 15.2 Å². The van der Waals surface area contributed by atoms with E-state index in [2.05, 4.69) is 20.5 Å². The van der Waals surface area contributed by atoms with Crippen molar-refractivity contribution >= 4 is 11.6 Å². The van der Waals surface area contributed by atoms with Crippen LogP contribution in [0.25, 0.3) is 0 Å². The summed E-state index contributed by atoms with van der Waals surface area (Å²) >= 11 is 0. The monoisotopic (exact) mass is 308 g/mol. The smallest absolute Gasteiger partial charge is 0.273 e. The molecule has 0 saturated carbocycles. The summed E-state index contributed by atoms with van der Waals surface area (Å²) in [5.41, 5.74) is 1.97. The first kappa shape index (κ1) is 14.8. The quantitative estimate of drug-likeness (QED) is 0.757. The number of anilines is 2. The van der Waals surface area contributed by atoms with Gasteiger partial charge in [0, 0.05) is 5.69 Å². The van der Waals surface area contributed by atoms with Gasteiger partial charge in [-0.3, -0.25) is 9.78 Å². The highest BCUT2D eigenvalue weighted by molar-refractivity contribution is 5.54. The Morgan fingerprint density at radius 3 is 2.48 bits per heavy atom. The zero-order valence-corrected chi connectivity index (χ0v) is 12.6. The van der Waals surface area contributed by atoms with Crippen LogP contribution in [0.5, 0.6) is 5.75 Å². The summed E-state index contributed by atoms with van der Waals surface area (Å²) in [5.74, 6) is 1.07. The van der Waals surface area contributed by atoms with Crippen molar-refractivity contribution in [3.8, 4) is 5.75 Å². The van der Waals surface area contributed by atoms with E-state index in [1.807, 2.05) is 54.6 Å². The van der Waals surface area contributed by atoms with Crippen molar-refractivity contribution in [3.05, 3.63) is 76.2 Å². The third kappa shape index (κ3) is 3.94. The van der Waals surface area contributed by atoms with E-state index in [1.165, 1.54) is 0 Å². The van der Waals surface area contributed by atoms with Crippen LogP contribution in [0, 0.1) is 6.92 Å². The largest absolute Gasteiger partial charge is 0.489 e. The van der Waals surface area contributed by atoms with Crippen LogP contribution in [0.15, 0.2) is 59.4 Å². The molecule has 0 saturated heterocycles. The zero-order valence-electron chi connectivity index (χ0n) is 12.6. The van der Waals surface area contributed by atoms with Gasteiger partial charge in [-0.25, -0.2) is 0 Å². The van der Waals surface area contributed by atoms with E-state index < -0.39 is 0 Å². The molecule has 6 heteroatoms. The van der Waals surface area contributed by atoms with E-state index >= 15 is 0 Å². The van der Waals surface area contributed by atoms with Gasteiger partial charge in [0.25, 0.3) is 5.56 Å². The normalized spacial score (nSPS) is 10.3. The minimum absolute atomic E-state index is 0.259.